The van der Waals surface area contributed by atoms with Crippen molar-refractivity contribution < 1.29 is 14.0 Å². The molecule has 0 saturated carbocycles. The van der Waals surface area contributed by atoms with Gasteiger partial charge in [0.2, 0.25) is 5.01 Å². The monoisotopic (exact) mass is 410 g/mol. The van der Waals surface area contributed by atoms with Crippen LogP contribution in [0.25, 0.3) is 0 Å². The summed E-state index contributed by atoms with van der Waals surface area (Å²) in [6.45, 7) is 2.53. The molecule has 2 amide bonds. The largest absolute Gasteiger partial charge is 0.329 e. The van der Waals surface area contributed by atoms with Crippen LogP contribution in [0.15, 0.2) is 48.5 Å². The number of benzene rings is 2. The van der Waals surface area contributed by atoms with E-state index in [-0.39, 0.29) is 22.9 Å². The van der Waals surface area contributed by atoms with Crippen LogP contribution in [0, 0.1) is 12.7 Å². The fourth-order valence-corrected chi connectivity index (χ4v) is 4.22. The van der Waals surface area contributed by atoms with Crippen molar-refractivity contribution in [3.8, 4) is 0 Å². The summed E-state index contributed by atoms with van der Waals surface area (Å²) < 4.78 is 13.5. The maximum atomic E-state index is 13.5. The predicted octanol–water partition coefficient (Wildman–Crippen LogP) is 4.22. The van der Waals surface area contributed by atoms with Crippen LogP contribution < -0.4 is 5.32 Å². The number of halogens is 1. The average Bonchev–Trinajstić information content (AvgIpc) is 3.38. The Labute approximate surface area is 171 Å². The van der Waals surface area contributed by atoms with Crippen molar-refractivity contribution in [3.63, 3.8) is 0 Å². The smallest absolute Gasteiger partial charge is 0.286 e. The number of aryl methyl sites for hydroxylation is 1. The number of nitrogens with one attached hydrogen (secondary N) is 1. The van der Waals surface area contributed by atoms with Crippen molar-refractivity contribution >= 4 is 28.8 Å². The van der Waals surface area contributed by atoms with E-state index in [0.29, 0.717) is 22.8 Å². The van der Waals surface area contributed by atoms with E-state index >= 15 is 0 Å². The normalized spacial score (nSPS) is 16.1. The molecule has 3 aromatic rings. The van der Waals surface area contributed by atoms with E-state index in [1.54, 1.807) is 11.0 Å². The molecular formula is C21H19FN4O2S. The van der Waals surface area contributed by atoms with Gasteiger partial charge < -0.3 is 10.2 Å². The molecule has 8 heteroatoms. The highest BCUT2D eigenvalue weighted by molar-refractivity contribution is 7.13. The Morgan fingerprint density at radius 3 is 2.72 bits per heavy atom. The van der Waals surface area contributed by atoms with Crippen LogP contribution in [-0.4, -0.2) is 33.5 Å². The zero-order valence-electron chi connectivity index (χ0n) is 15.8. The molecule has 1 aliphatic heterocycles. The Balaban J connectivity index is 1.49. The molecule has 1 N–H and O–H groups in total. The molecule has 6 nitrogen and oxygen atoms in total. The van der Waals surface area contributed by atoms with Crippen LogP contribution in [0.5, 0.6) is 0 Å². The third kappa shape index (κ3) is 4.17. The zero-order chi connectivity index (χ0) is 20.4. The number of likely N-dealkylation sites (tertiary alicyclic amines) is 1. The van der Waals surface area contributed by atoms with Crippen molar-refractivity contribution in [3.05, 3.63) is 75.5 Å². The van der Waals surface area contributed by atoms with Gasteiger partial charge in [0.25, 0.3) is 11.8 Å². The number of nitrogens with zero attached hydrogens (tertiary/aromatic N) is 3. The van der Waals surface area contributed by atoms with Gasteiger partial charge >= 0.3 is 0 Å². The molecule has 29 heavy (non-hydrogen) atoms. The minimum absolute atomic E-state index is 0.241. The molecule has 1 aliphatic rings. The Kier molecular flexibility index (Phi) is 5.35. The fourth-order valence-electron chi connectivity index (χ4n) is 3.34. The van der Waals surface area contributed by atoms with Crippen molar-refractivity contribution in [2.75, 3.05) is 11.9 Å². The maximum Gasteiger partial charge on any atom is 0.286 e. The highest BCUT2D eigenvalue weighted by Crippen LogP contribution is 2.34. The second kappa shape index (κ2) is 8.08. The minimum atomic E-state index is -0.447. The SMILES string of the molecule is Cc1ccc(NC(=O)c2nnc([C@@H]3CCCN3C(=O)c3cccc(F)c3)s2)cc1. The minimum Gasteiger partial charge on any atom is -0.329 e. The molecule has 4 rings (SSSR count). The first kappa shape index (κ1) is 19.2. The number of carbonyl (C=O) groups excluding carboxylic acids is 2. The number of aromatic nitrogens is 2. The summed E-state index contributed by atoms with van der Waals surface area (Å²) in [5, 5.41) is 11.8. The lowest BCUT2D eigenvalue weighted by atomic mass is 10.1. The van der Waals surface area contributed by atoms with Gasteiger partial charge in [-0.25, -0.2) is 4.39 Å². The molecule has 148 valence electrons. The van der Waals surface area contributed by atoms with E-state index in [1.807, 2.05) is 31.2 Å². The summed E-state index contributed by atoms with van der Waals surface area (Å²) in [6, 6.07) is 12.9. The van der Waals surface area contributed by atoms with E-state index in [1.165, 1.54) is 29.5 Å². The van der Waals surface area contributed by atoms with E-state index < -0.39 is 5.82 Å². The number of rotatable bonds is 4. The highest BCUT2D eigenvalue weighted by atomic mass is 32.1. The maximum absolute atomic E-state index is 13.5. The molecule has 0 aliphatic carbocycles. The predicted molar refractivity (Wildman–Crippen MR) is 108 cm³/mol. The lowest BCUT2D eigenvalue weighted by Gasteiger charge is -2.22. The molecule has 0 radical (unpaired) electrons. The zero-order valence-corrected chi connectivity index (χ0v) is 16.6. The topological polar surface area (TPSA) is 75.2 Å². The van der Waals surface area contributed by atoms with Gasteiger partial charge in [0.15, 0.2) is 0 Å². The van der Waals surface area contributed by atoms with E-state index in [4.69, 9.17) is 0 Å². The van der Waals surface area contributed by atoms with Crippen LogP contribution >= 0.6 is 11.3 Å². The van der Waals surface area contributed by atoms with Gasteiger partial charge in [-0.1, -0.05) is 35.1 Å². The van der Waals surface area contributed by atoms with E-state index in [2.05, 4.69) is 15.5 Å². The van der Waals surface area contributed by atoms with Crippen LogP contribution in [-0.2, 0) is 0 Å². The first-order chi connectivity index (χ1) is 14.0. The van der Waals surface area contributed by atoms with Crippen molar-refractivity contribution in [1.82, 2.24) is 15.1 Å². The first-order valence-corrected chi connectivity index (χ1v) is 10.1. The Morgan fingerprint density at radius 1 is 1.17 bits per heavy atom. The van der Waals surface area contributed by atoms with Gasteiger partial charge in [0.1, 0.15) is 10.8 Å². The third-order valence-electron chi connectivity index (χ3n) is 4.81. The average molecular weight is 410 g/mol. The van der Waals surface area contributed by atoms with Crippen LogP contribution in [0.2, 0.25) is 0 Å². The highest BCUT2D eigenvalue weighted by Gasteiger charge is 2.33. The van der Waals surface area contributed by atoms with Gasteiger partial charge in [-0.05, 0) is 50.1 Å². The number of anilines is 1. The Morgan fingerprint density at radius 2 is 1.97 bits per heavy atom. The van der Waals surface area contributed by atoms with Crippen molar-refractivity contribution in [2.24, 2.45) is 0 Å². The van der Waals surface area contributed by atoms with E-state index in [0.717, 1.165) is 18.4 Å². The molecule has 1 saturated heterocycles. The lowest BCUT2D eigenvalue weighted by Crippen LogP contribution is -2.30. The fraction of sp³-hybridized carbons (Fsp3) is 0.238. The number of hydrogen-bond acceptors (Lipinski definition) is 5. The quantitative estimate of drug-likeness (QED) is 0.699. The number of amides is 2. The third-order valence-corrected chi connectivity index (χ3v) is 5.84. The second-order valence-electron chi connectivity index (χ2n) is 6.93. The summed E-state index contributed by atoms with van der Waals surface area (Å²) in [6.07, 6.45) is 1.55. The molecular weight excluding hydrogens is 391 g/mol. The van der Waals surface area contributed by atoms with Gasteiger partial charge in [-0.3, -0.25) is 9.59 Å². The first-order valence-electron chi connectivity index (χ1n) is 9.29. The molecule has 0 unspecified atom stereocenters. The van der Waals surface area contributed by atoms with Crippen LogP contribution in [0.3, 0.4) is 0 Å². The summed E-state index contributed by atoms with van der Waals surface area (Å²) in [4.78, 5) is 27.0. The summed E-state index contributed by atoms with van der Waals surface area (Å²) >= 11 is 1.18. The number of carbonyl (C=O) groups is 2. The molecule has 1 aromatic heterocycles. The lowest BCUT2D eigenvalue weighted by molar-refractivity contribution is 0.0734. The van der Waals surface area contributed by atoms with Crippen molar-refractivity contribution in [1.29, 1.82) is 0 Å². The van der Waals surface area contributed by atoms with Gasteiger partial charge in [-0.15, -0.1) is 10.2 Å². The van der Waals surface area contributed by atoms with Crippen molar-refractivity contribution in [2.45, 2.75) is 25.8 Å². The Hall–Kier alpha value is -3.13. The number of hydrogen-bond donors (Lipinski definition) is 1. The van der Waals surface area contributed by atoms with Gasteiger partial charge in [0, 0.05) is 17.8 Å². The molecule has 0 spiro atoms. The summed E-state index contributed by atoms with van der Waals surface area (Å²) in [5.41, 5.74) is 2.09. The molecule has 0 bridgehead atoms. The van der Waals surface area contributed by atoms with Gasteiger partial charge in [-0.2, -0.15) is 0 Å². The molecule has 1 atom stereocenters. The Bertz CT molecular complexity index is 1050. The summed E-state index contributed by atoms with van der Waals surface area (Å²) in [5.74, 6) is -1.02. The molecule has 2 heterocycles. The summed E-state index contributed by atoms with van der Waals surface area (Å²) in [7, 11) is 0. The molecule has 1 fully saturated rings. The standard InChI is InChI=1S/C21H19FN4O2S/c1-13-7-9-16(10-8-13)23-18(27)20-25-24-19(29-20)17-6-3-11-26(17)21(28)14-4-2-5-15(22)12-14/h2,4-5,7-10,12,17H,3,6,11H2,1H3,(H,23,27)/t17-/m0/s1. The van der Waals surface area contributed by atoms with Crippen LogP contribution in [0.4, 0.5) is 10.1 Å². The second-order valence-corrected chi connectivity index (χ2v) is 7.94. The van der Waals surface area contributed by atoms with E-state index in [9.17, 15) is 14.0 Å². The molecule has 2 aromatic carbocycles. The van der Waals surface area contributed by atoms with Gasteiger partial charge in [0.05, 0.1) is 6.04 Å². The van der Waals surface area contributed by atoms with Crippen LogP contribution in [0.1, 0.15) is 49.6 Å².